The summed E-state index contributed by atoms with van der Waals surface area (Å²) in [5.41, 5.74) is 0.729. The first-order valence-electron chi connectivity index (χ1n) is 13.8. The summed E-state index contributed by atoms with van der Waals surface area (Å²) in [6.45, 7) is 6.62. The SMILES string of the molecule is CC(=O)N[C@@H]1[C@@H](OC(C)=O)[C@H](OC(C)=O)[C@@H](COC(C)=O)O[C@@H]1Sc1nnc(COc2ccccc2C)n1-c1ccccc1. The van der Waals surface area contributed by atoms with E-state index >= 15 is 0 Å². The van der Waals surface area contributed by atoms with E-state index in [9.17, 15) is 19.2 Å². The topological polar surface area (TPSA) is 157 Å². The second-order valence-corrected chi connectivity index (χ2v) is 11.0. The molecule has 234 valence electrons. The molecule has 1 saturated heterocycles. The molecule has 14 heteroatoms. The van der Waals surface area contributed by atoms with Crippen LogP contribution in [0.3, 0.4) is 0 Å². The van der Waals surface area contributed by atoms with E-state index in [0.717, 1.165) is 23.0 Å². The Hall–Kier alpha value is -4.43. The smallest absolute Gasteiger partial charge is 0.303 e. The summed E-state index contributed by atoms with van der Waals surface area (Å²) in [6, 6.07) is 15.9. The number of nitrogens with zero attached hydrogens (tertiary/aromatic N) is 3. The molecule has 0 saturated carbocycles. The summed E-state index contributed by atoms with van der Waals surface area (Å²) in [6.07, 6.45) is -3.44. The Kier molecular flexibility index (Phi) is 11.0. The molecule has 1 aliphatic heterocycles. The lowest BCUT2D eigenvalue weighted by Crippen LogP contribution is -2.65. The van der Waals surface area contributed by atoms with Crippen LogP contribution in [-0.4, -0.2) is 75.0 Å². The van der Waals surface area contributed by atoms with Crippen LogP contribution in [0.4, 0.5) is 0 Å². The highest BCUT2D eigenvalue weighted by Crippen LogP contribution is 2.36. The van der Waals surface area contributed by atoms with Crippen molar-refractivity contribution < 1.29 is 42.9 Å². The highest BCUT2D eigenvalue weighted by Gasteiger charge is 2.51. The molecule has 1 aromatic heterocycles. The lowest BCUT2D eigenvalue weighted by Gasteiger charge is -2.44. The fourth-order valence-electron chi connectivity index (χ4n) is 4.66. The number of hydrogen-bond acceptors (Lipinski definition) is 12. The van der Waals surface area contributed by atoms with E-state index in [-0.39, 0.29) is 13.2 Å². The normalized spacial score (nSPS) is 21.2. The quantitative estimate of drug-likeness (QED) is 0.246. The van der Waals surface area contributed by atoms with Crippen molar-refractivity contribution in [1.29, 1.82) is 0 Å². The summed E-state index contributed by atoms with van der Waals surface area (Å²) in [5.74, 6) is -1.21. The zero-order valence-corrected chi connectivity index (χ0v) is 25.7. The second kappa shape index (κ2) is 14.8. The van der Waals surface area contributed by atoms with Crippen molar-refractivity contribution >= 4 is 35.6 Å². The number of para-hydroxylation sites is 2. The summed E-state index contributed by atoms with van der Waals surface area (Å²) in [4.78, 5) is 48.3. The van der Waals surface area contributed by atoms with E-state index < -0.39 is 53.6 Å². The lowest BCUT2D eigenvalue weighted by atomic mass is 9.97. The van der Waals surface area contributed by atoms with Crippen LogP contribution in [0.25, 0.3) is 5.69 Å². The van der Waals surface area contributed by atoms with Gasteiger partial charge in [0.15, 0.2) is 23.2 Å². The molecule has 5 atom stereocenters. The molecule has 1 aliphatic rings. The largest absolute Gasteiger partial charge is 0.485 e. The highest BCUT2D eigenvalue weighted by molar-refractivity contribution is 7.99. The number of carbonyl (C=O) groups excluding carboxylic acids is 4. The van der Waals surface area contributed by atoms with Gasteiger partial charge >= 0.3 is 17.9 Å². The fraction of sp³-hybridized carbons (Fsp3) is 0.400. The Balaban J connectivity index is 1.73. The first-order valence-corrected chi connectivity index (χ1v) is 14.7. The zero-order valence-electron chi connectivity index (χ0n) is 24.9. The number of amides is 1. The van der Waals surface area contributed by atoms with Gasteiger partial charge in [-0.3, -0.25) is 23.7 Å². The second-order valence-electron chi connectivity index (χ2n) is 9.96. The summed E-state index contributed by atoms with van der Waals surface area (Å²) >= 11 is 1.10. The fourth-order valence-corrected chi connectivity index (χ4v) is 5.84. The minimum absolute atomic E-state index is 0.0909. The van der Waals surface area contributed by atoms with Crippen LogP contribution in [0.15, 0.2) is 59.8 Å². The van der Waals surface area contributed by atoms with Gasteiger partial charge in [0.1, 0.15) is 36.5 Å². The number of rotatable bonds is 11. The van der Waals surface area contributed by atoms with Gasteiger partial charge in [0.2, 0.25) is 5.91 Å². The standard InChI is InChI=1S/C30H34N4O9S/c1-17-11-9-10-14-23(17)40-16-25-32-33-30(34(25)22-12-7-6-8-13-22)44-29-26(31-18(2)35)28(42-21(5)38)27(41-20(4)37)24(43-29)15-39-19(3)36/h6-14,24,26-29H,15-16H2,1-5H3,(H,31,35)/t24-,26-,27-,28-,29-/m1/s1. The molecule has 4 rings (SSSR count). The van der Waals surface area contributed by atoms with Crippen molar-refractivity contribution in [1.82, 2.24) is 20.1 Å². The molecule has 3 aromatic rings. The molecule has 0 aliphatic carbocycles. The molecule has 13 nitrogen and oxygen atoms in total. The van der Waals surface area contributed by atoms with Crippen molar-refractivity contribution in [3.63, 3.8) is 0 Å². The van der Waals surface area contributed by atoms with Gasteiger partial charge in [-0.15, -0.1) is 10.2 Å². The first-order chi connectivity index (χ1) is 21.0. The minimum atomic E-state index is -1.20. The lowest BCUT2D eigenvalue weighted by molar-refractivity contribution is -0.211. The Morgan fingerprint density at radius 2 is 1.55 bits per heavy atom. The Labute approximate surface area is 258 Å². The van der Waals surface area contributed by atoms with Crippen LogP contribution in [0.2, 0.25) is 0 Å². The van der Waals surface area contributed by atoms with Crippen molar-refractivity contribution in [2.45, 2.75) is 76.2 Å². The predicted molar refractivity (Wildman–Crippen MR) is 157 cm³/mol. The van der Waals surface area contributed by atoms with E-state index in [0.29, 0.717) is 16.7 Å². The average Bonchev–Trinajstić information content (AvgIpc) is 3.36. The average molecular weight is 627 g/mol. The summed E-state index contributed by atoms with van der Waals surface area (Å²) in [7, 11) is 0. The molecule has 44 heavy (non-hydrogen) atoms. The third kappa shape index (κ3) is 8.35. The van der Waals surface area contributed by atoms with E-state index in [4.69, 9.17) is 23.7 Å². The van der Waals surface area contributed by atoms with Gasteiger partial charge in [-0.25, -0.2) is 0 Å². The number of esters is 3. The number of carbonyl (C=O) groups is 4. The molecule has 1 amide bonds. The van der Waals surface area contributed by atoms with Gasteiger partial charge in [0.05, 0.1) is 0 Å². The number of hydrogen-bond donors (Lipinski definition) is 1. The van der Waals surface area contributed by atoms with Crippen LogP contribution in [0, 0.1) is 6.92 Å². The van der Waals surface area contributed by atoms with Crippen molar-refractivity contribution in [3.8, 4) is 11.4 Å². The maximum atomic E-state index is 12.4. The summed E-state index contributed by atoms with van der Waals surface area (Å²) in [5, 5.41) is 11.9. The zero-order chi connectivity index (χ0) is 31.8. The van der Waals surface area contributed by atoms with E-state index in [1.54, 1.807) is 4.57 Å². The van der Waals surface area contributed by atoms with Gasteiger partial charge in [-0.05, 0) is 30.7 Å². The number of benzene rings is 2. The molecule has 1 fully saturated rings. The van der Waals surface area contributed by atoms with Gasteiger partial charge in [0, 0.05) is 33.4 Å². The summed E-state index contributed by atoms with van der Waals surface area (Å²) < 4.78 is 30.5. The molecule has 2 heterocycles. The molecular formula is C30H34N4O9S. The Bertz CT molecular complexity index is 1480. The highest BCUT2D eigenvalue weighted by atomic mass is 32.2. The number of aromatic nitrogens is 3. The monoisotopic (exact) mass is 626 g/mol. The van der Waals surface area contributed by atoms with Gasteiger partial charge in [0.25, 0.3) is 0 Å². The van der Waals surface area contributed by atoms with Crippen LogP contribution in [-0.2, 0) is 44.7 Å². The van der Waals surface area contributed by atoms with Crippen LogP contribution >= 0.6 is 11.8 Å². The molecular weight excluding hydrogens is 592 g/mol. The third-order valence-electron chi connectivity index (χ3n) is 6.46. The molecule has 0 spiro atoms. The van der Waals surface area contributed by atoms with Gasteiger partial charge in [-0.2, -0.15) is 0 Å². The van der Waals surface area contributed by atoms with Crippen LogP contribution < -0.4 is 10.1 Å². The maximum absolute atomic E-state index is 12.4. The number of nitrogens with one attached hydrogen (secondary N) is 1. The first kappa shape index (κ1) is 32.5. The predicted octanol–water partition coefficient (Wildman–Crippen LogP) is 2.90. The number of aryl methyl sites for hydroxylation is 1. The molecule has 0 unspecified atom stereocenters. The van der Waals surface area contributed by atoms with Crippen molar-refractivity contribution in [2.24, 2.45) is 0 Å². The molecule has 1 N–H and O–H groups in total. The molecule has 0 radical (unpaired) electrons. The minimum Gasteiger partial charge on any atom is -0.485 e. The number of ether oxygens (including phenoxy) is 5. The third-order valence-corrected chi connectivity index (χ3v) is 7.57. The number of thioether (sulfide) groups is 1. The Morgan fingerprint density at radius 3 is 2.18 bits per heavy atom. The maximum Gasteiger partial charge on any atom is 0.303 e. The van der Waals surface area contributed by atoms with Crippen LogP contribution in [0.5, 0.6) is 5.75 Å². The van der Waals surface area contributed by atoms with E-state index in [1.165, 1.54) is 27.7 Å². The Morgan fingerprint density at radius 1 is 0.886 bits per heavy atom. The van der Waals surface area contributed by atoms with Crippen molar-refractivity contribution in [2.75, 3.05) is 6.61 Å². The van der Waals surface area contributed by atoms with E-state index in [2.05, 4.69) is 15.5 Å². The van der Waals surface area contributed by atoms with E-state index in [1.807, 2.05) is 61.5 Å². The molecule has 0 bridgehead atoms. The van der Waals surface area contributed by atoms with Crippen LogP contribution in [0.1, 0.15) is 39.1 Å². The molecule has 2 aromatic carbocycles. The van der Waals surface area contributed by atoms with Gasteiger partial charge < -0.3 is 29.0 Å². The van der Waals surface area contributed by atoms with Gasteiger partial charge in [-0.1, -0.05) is 48.2 Å². The van der Waals surface area contributed by atoms with Crippen molar-refractivity contribution in [3.05, 3.63) is 66.0 Å².